The van der Waals surface area contributed by atoms with Crippen LogP contribution in [0.15, 0.2) is 39.6 Å². The van der Waals surface area contributed by atoms with Crippen LogP contribution in [-0.2, 0) is 10.0 Å². The van der Waals surface area contributed by atoms with Crippen molar-refractivity contribution in [2.75, 3.05) is 5.32 Å². The zero-order valence-corrected chi connectivity index (χ0v) is 15.2. The second-order valence-corrected chi connectivity index (χ2v) is 7.90. The van der Waals surface area contributed by atoms with Gasteiger partial charge in [-0.05, 0) is 35.4 Å². The van der Waals surface area contributed by atoms with Crippen molar-refractivity contribution < 1.29 is 12.8 Å². The van der Waals surface area contributed by atoms with Gasteiger partial charge in [-0.15, -0.1) is 4.40 Å². The van der Waals surface area contributed by atoms with Crippen LogP contribution in [0.4, 0.5) is 10.1 Å². The van der Waals surface area contributed by atoms with E-state index in [1.54, 1.807) is 25.1 Å². The van der Waals surface area contributed by atoms with Crippen LogP contribution in [0.25, 0.3) is 0 Å². The number of fused-ring (bicyclic) bond motifs is 1. The zero-order chi connectivity index (χ0) is 17.6. The first-order valence-electron chi connectivity index (χ1n) is 6.76. The summed E-state index contributed by atoms with van der Waals surface area (Å²) in [5.74, 6) is -1.16. The fourth-order valence-electron chi connectivity index (χ4n) is 2.63. The fourth-order valence-corrected chi connectivity index (χ4v) is 4.48. The number of hydrogen-bond acceptors (Lipinski definition) is 3. The molecule has 0 fully saturated rings. The fraction of sp³-hybridized carbons (Fsp3) is 0.133. The molecule has 0 saturated heterocycles. The summed E-state index contributed by atoms with van der Waals surface area (Å²) >= 11 is 18.0. The van der Waals surface area contributed by atoms with Crippen molar-refractivity contribution in [2.45, 2.75) is 17.7 Å². The van der Waals surface area contributed by atoms with Crippen molar-refractivity contribution in [3.8, 4) is 0 Å². The zero-order valence-electron chi connectivity index (χ0n) is 12.1. The number of hydrogen-bond donors (Lipinski definition) is 1. The van der Waals surface area contributed by atoms with Gasteiger partial charge in [0.25, 0.3) is 10.0 Å². The van der Waals surface area contributed by atoms with E-state index in [2.05, 4.69) is 9.71 Å². The molecule has 3 rings (SSSR count). The van der Waals surface area contributed by atoms with E-state index in [9.17, 15) is 12.8 Å². The Bertz CT molecular complexity index is 977. The summed E-state index contributed by atoms with van der Waals surface area (Å²) < 4.78 is 42.2. The van der Waals surface area contributed by atoms with Gasteiger partial charge in [-0.3, -0.25) is 0 Å². The summed E-state index contributed by atoms with van der Waals surface area (Å²) in [6.07, 6.45) is 0. The normalized spacial score (nSPS) is 16.8. The number of rotatable bonds is 2. The van der Waals surface area contributed by atoms with Crippen molar-refractivity contribution >= 4 is 55.8 Å². The van der Waals surface area contributed by atoms with Crippen molar-refractivity contribution in [3.05, 3.63) is 57.3 Å². The third-order valence-electron chi connectivity index (χ3n) is 3.74. The lowest BCUT2D eigenvalue weighted by Crippen LogP contribution is -2.20. The molecule has 0 spiro atoms. The highest BCUT2D eigenvalue weighted by molar-refractivity contribution is 7.90. The van der Waals surface area contributed by atoms with Crippen LogP contribution in [0, 0.1) is 5.82 Å². The lowest BCUT2D eigenvalue weighted by atomic mass is 9.91. The van der Waals surface area contributed by atoms with Crippen LogP contribution in [0.5, 0.6) is 0 Å². The molecule has 1 unspecified atom stereocenters. The summed E-state index contributed by atoms with van der Waals surface area (Å²) in [6.45, 7) is 1.70. The topological polar surface area (TPSA) is 58.5 Å². The van der Waals surface area contributed by atoms with E-state index in [-0.39, 0.29) is 26.5 Å². The van der Waals surface area contributed by atoms with Crippen molar-refractivity contribution in [3.63, 3.8) is 0 Å². The number of benzene rings is 2. The number of nitrogens with one attached hydrogen (secondary N) is 1. The Balaban J connectivity index is 2.25. The lowest BCUT2D eigenvalue weighted by Gasteiger charge is -2.23. The predicted molar refractivity (Wildman–Crippen MR) is 94.5 cm³/mol. The van der Waals surface area contributed by atoms with Crippen LogP contribution < -0.4 is 5.32 Å². The average Bonchev–Trinajstić information content (AvgIpc) is 2.48. The van der Waals surface area contributed by atoms with Gasteiger partial charge in [0.15, 0.2) is 0 Å². The second kappa shape index (κ2) is 6.19. The predicted octanol–water partition coefficient (Wildman–Crippen LogP) is 4.99. The van der Waals surface area contributed by atoms with Gasteiger partial charge in [-0.1, -0.05) is 42.3 Å². The minimum absolute atomic E-state index is 0.0542. The van der Waals surface area contributed by atoms with Crippen molar-refractivity contribution in [2.24, 2.45) is 4.40 Å². The molecular formula is C15H10Cl3FN2O2S. The Hall–Kier alpha value is -1.34. The molecule has 2 aromatic carbocycles. The van der Waals surface area contributed by atoms with Gasteiger partial charge in [-0.2, -0.15) is 8.42 Å². The molecule has 0 saturated carbocycles. The van der Waals surface area contributed by atoms with E-state index >= 15 is 0 Å². The Kier molecular flexibility index (Phi) is 4.51. The van der Waals surface area contributed by atoms with Gasteiger partial charge < -0.3 is 5.32 Å². The summed E-state index contributed by atoms with van der Waals surface area (Å²) in [6, 6.07) is 7.23. The number of halogens is 4. The Morgan fingerprint density at radius 2 is 1.88 bits per heavy atom. The Labute approximate surface area is 153 Å². The van der Waals surface area contributed by atoms with Crippen LogP contribution in [0.1, 0.15) is 24.0 Å². The molecule has 0 radical (unpaired) electrons. The minimum Gasteiger partial charge on any atom is -0.328 e. The highest BCUT2D eigenvalue weighted by atomic mass is 35.5. The van der Waals surface area contributed by atoms with Gasteiger partial charge in [0.2, 0.25) is 5.29 Å². The molecule has 2 aromatic rings. The van der Waals surface area contributed by atoms with E-state index in [1.165, 1.54) is 0 Å². The first kappa shape index (κ1) is 17.5. The highest BCUT2D eigenvalue weighted by Crippen LogP contribution is 2.42. The quantitative estimate of drug-likeness (QED) is 0.713. The maximum atomic E-state index is 14.5. The average molecular weight is 408 g/mol. The smallest absolute Gasteiger partial charge is 0.287 e. The lowest BCUT2D eigenvalue weighted by molar-refractivity contribution is 0.592. The van der Waals surface area contributed by atoms with E-state index in [0.29, 0.717) is 10.6 Å². The monoisotopic (exact) mass is 406 g/mol. The van der Waals surface area contributed by atoms with Crippen LogP contribution in [0.3, 0.4) is 0 Å². The molecular weight excluding hydrogens is 398 g/mol. The van der Waals surface area contributed by atoms with Gasteiger partial charge in [-0.25, -0.2) is 4.39 Å². The number of nitrogens with zero attached hydrogens (tertiary/aromatic N) is 1. The maximum Gasteiger partial charge on any atom is 0.287 e. The minimum atomic E-state index is -4.00. The Morgan fingerprint density at radius 1 is 1.17 bits per heavy atom. The molecule has 0 amide bonds. The number of amidine groups is 1. The van der Waals surface area contributed by atoms with Crippen molar-refractivity contribution in [1.29, 1.82) is 0 Å². The second-order valence-electron chi connectivity index (χ2n) is 5.18. The Morgan fingerprint density at radius 3 is 2.58 bits per heavy atom. The van der Waals surface area contributed by atoms with E-state index in [1.807, 2.05) is 0 Å². The van der Waals surface area contributed by atoms with Gasteiger partial charge >= 0.3 is 0 Å². The molecule has 0 aromatic heterocycles. The molecule has 9 heteroatoms. The van der Waals surface area contributed by atoms with Crippen LogP contribution >= 0.6 is 34.8 Å². The van der Waals surface area contributed by atoms with E-state index in [4.69, 9.17) is 34.8 Å². The maximum absolute atomic E-state index is 14.5. The number of sulfonamides is 1. The summed E-state index contributed by atoms with van der Waals surface area (Å²) in [4.78, 5) is -0.145. The summed E-state index contributed by atoms with van der Waals surface area (Å²) in [7, 11) is -4.00. The molecule has 1 atom stereocenters. The van der Waals surface area contributed by atoms with Crippen LogP contribution in [-0.4, -0.2) is 13.7 Å². The first-order chi connectivity index (χ1) is 11.2. The molecule has 0 aliphatic carbocycles. The molecule has 4 nitrogen and oxygen atoms in total. The van der Waals surface area contributed by atoms with E-state index in [0.717, 1.165) is 12.1 Å². The van der Waals surface area contributed by atoms with Crippen molar-refractivity contribution in [1.82, 2.24) is 0 Å². The third kappa shape index (κ3) is 2.88. The molecule has 1 heterocycles. The molecule has 0 bridgehead atoms. The molecule has 1 N–H and O–H groups in total. The third-order valence-corrected chi connectivity index (χ3v) is 6.17. The molecule has 24 heavy (non-hydrogen) atoms. The summed E-state index contributed by atoms with van der Waals surface area (Å²) in [5.41, 5.74) is 0.737. The number of anilines is 1. The molecule has 1 aliphatic heterocycles. The van der Waals surface area contributed by atoms with Crippen LogP contribution in [0.2, 0.25) is 10.0 Å². The van der Waals surface area contributed by atoms with Gasteiger partial charge in [0.1, 0.15) is 10.7 Å². The van der Waals surface area contributed by atoms with Gasteiger partial charge in [0.05, 0.1) is 15.7 Å². The standard InChI is InChI=1S/C15H10Cl3FN2O2S/c1-7(8-3-2-4-9(16)13(8)17)12-10(19)5-6-11-14(12)20-15(18)21-24(11,22)23/h2-7H,1H3,(H,20,21). The van der Waals surface area contributed by atoms with E-state index < -0.39 is 21.8 Å². The highest BCUT2D eigenvalue weighted by Gasteiger charge is 2.31. The molecule has 126 valence electrons. The van der Waals surface area contributed by atoms with Gasteiger partial charge in [0, 0.05) is 11.5 Å². The largest absolute Gasteiger partial charge is 0.328 e. The molecule has 1 aliphatic rings. The SMILES string of the molecule is CC(c1cccc(Cl)c1Cl)c1c(F)ccc2c1NC(Cl)=NS2(=O)=O. The summed E-state index contributed by atoms with van der Waals surface area (Å²) in [5, 5.41) is 2.89. The first-order valence-corrected chi connectivity index (χ1v) is 9.33.